The summed E-state index contributed by atoms with van der Waals surface area (Å²) in [6, 6.07) is 0. The van der Waals surface area contributed by atoms with Crippen molar-refractivity contribution in [3.63, 3.8) is 0 Å². The summed E-state index contributed by atoms with van der Waals surface area (Å²) < 4.78 is 0. The predicted octanol–water partition coefficient (Wildman–Crippen LogP) is 2.35. The Morgan fingerprint density at radius 1 is 1.38 bits per heavy atom. The summed E-state index contributed by atoms with van der Waals surface area (Å²) in [5.41, 5.74) is 6.64. The van der Waals surface area contributed by atoms with Crippen molar-refractivity contribution in [2.45, 2.75) is 39.2 Å². The summed E-state index contributed by atoms with van der Waals surface area (Å²) in [6.07, 6.45) is 2.34. The molecule has 3 N–H and O–H groups in total. The van der Waals surface area contributed by atoms with E-state index in [1.54, 1.807) is 11.3 Å². The molecule has 21 heavy (non-hydrogen) atoms. The van der Waals surface area contributed by atoms with Crippen LogP contribution in [0.25, 0.3) is 0 Å². The number of nitrogens with two attached hydrogens (primary N) is 1. The lowest BCUT2D eigenvalue weighted by Gasteiger charge is -2.21. The van der Waals surface area contributed by atoms with Crippen molar-refractivity contribution in [2.24, 2.45) is 5.84 Å². The highest BCUT2D eigenvalue weighted by molar-refractivity contribution is 7.09. The number of anilines is 2. The van der Waals surface area contributed by atoms with Gasteiger partial charge < -0.3 is 10.3 Å². The number of hydrazine groups is 1. The predicted molar refractivity (Wildman–Crippen MR) is 85.5 cm³/mol. The second-order valence-corrected chi connectivity index (χ2v) is 6.45. The first kappa shape index (κ1) is 14.2. The molecule has 0 aliphatic heterocycles. The molecule has 2 heterocycles. The largest absolute Gasteiger partial charge is 0.354 e. The minimum Gasteiger partial charge on any atom is -0.354 e. The number of nitrogens with one attached hydrogen (secondary N) is 1. The molecule has 7 heteroatoms. The quantitative estimate of drug-likeness (QED) is 0.652. The van der Waals surface area contributed by atoms with Gasteiger partial charge in [0.1, 0.15) is 17.5 Å². The third-order valence-electron chi connectivity index (χ3n) is 3.80. The van der Waals surface area contributed by atoms with Gasteiger partial charge in [-0.1, -0.05) is 0 Å². The molecule has 0 saturated heterocycles. The Morgan fingerprint density at radius 2 is 2.14 bits per heavy atom. The molecule has 112 valence electrons. The molecule has 3 rings (SSSR count). The van der Waals surface area contributed by atoms with E-state index < -0.39 is 0 Å². The van der Waals surface area contributed by atoms with Crippen LogP contribution < -0.4 is 16.2 Å². The van der Waals surface area contributed by atoms with E-state index >= 15 is 0 Å². The molecule has 2 aromatic heterocycles. The lowest BCUT2D eigenvalue weighted by molar-refractivity contribution is 0.847. The van der Waals surface area contributed by atoms with E-state index in [0.717, 1.165) is 35.3 Å². The van der Waals surface area contributed by atoms with Crippen molar-refractivity contribution in [1.29, 1.82) is 0 Å². The molecule has 1 fully saturated rings. The van der Waals surface area contributed by atoms with Gasteiger partial charge in [0.15, 0.2) is 0 Å². The molecule has 0 aromatic carbocycles. The Kier molecular flexibility index (Phi) is 3.77. The Hall–Kier alpha value is -1.73. The molecule has 0 bridgehead atoms. The minimum absolute atomic E-state index is 0.495. The summed E-state index contributed by atoms with van der Waals surface area (Å²) in [6.45, 7) is 4.83. The van der Waals surface area contributed by atoms with E-state index in [9.17, 15) is 0 Å². The van der Waals surface area contributed by atoms with Gasteiger partial charge in [0, 0.05) is 23.4 Å². The lowest BCUT2D eigenvalue weighted by Crippen LogP contribution is -2.22. The molecular weight excluding hydrogens is 284 g/mol. The lowest BCUT2D eigenvalue weighted by atomic mass is 10.2. The van der Waals surface area contributed by atoms with Crippen LogP contribution in [0.4, 0.5) is 11.6 Å². The third kappa shape index (κ3) is 2.84. The van der Waals surface area contributed by atoms with Crippen molar-refractivity contribution < 1.29 is 0 Å². The smallest absolute Gasteiger partial charge is 0.148 e. The van der Waals surface area contributed by atoms with Crippen molar-refractivity contribution in [3.05, 3.63) is 27.5 Å². The van der Waals surface area contributed by atoms with Crippen LogP contribution in [-0.2, 0) is 6.54 Å². The molecule has 2 aromatic rings. The molecule has 0 radical (unpaired) electrons. The van der Waals surface area contributed by atoms with Crippen LogP contribution in [0.3, 0.4) is 0 Å². The van der Waals surface area contributed by atoms with Gasteiger partial charge >= 0.3 is 0 Å². The average molecular weight is 304 g/mol. The maximum absolute atomic E-state index is 5.60. The Balaban J connectivity index is 1.92. The van der Waals surface area contributed by atoms with E-state index in [1.807, 2.05) is 26.4 Å². The van der Waals surface area contributed by atoms with Crippen LogP contribution in [-0.4, -0.2) is 22.0 Å². The maximum Gasteiger partial charge on any atom is 0.148 e. The summed E-state index contributed by atoms with van der Waals surface area (Å²) in [4.78, 5) is 17.0. The Bertz CT molecular complexity index is 649. The van der Waals surface area contributed by atoms with Crippen LogP contribution in [0.15, 0.2) is 5.51 Å². The summed E-state index contributed by atoms with van der Waals surface area (Å²) in [5.74, 6) is 8.65. The number of aromatic nitrogens is 3. The average Bonchev–Trinajstić information content (AvgIpc) is 3.24. The van der Waals surface area contributed by atoms with Gasteiger partial charge in [0.2, 0.25) is 0 Å². The van der Waals surface area contributed by atoms with Gasteiger partial charge in [-0.25, -0.2) is 20.8 Å². The fourth-order valence-corrected chi connectivity index (χ4v) is 3.16. The first-order chi connectivity index (χ1) is 10.1. The van der Waals surface area contributed by atoms with Crippen molar-refractivity contribution in [2.75, 3.05) is 17.4 Å². The van der Waals surface area contributed by atoms with Crippen LogP contribution in [0.5, 0.6) is 0 Å². The van der Waals surface area contributed by atoms with E-state index in [1.165, 1.54) is 17.7 Å². The van der Waals surface area contributed by atoms with Gasteiger partial charge in [0.05, 0.1) is 17.7 Å². The maximum atomic E-state index is 5.60. The second-order valence-electron chi connectivity index (χ2n) is 5.51. The standard InChI is InChI=1S/C14H20N6S/c1-8-12(19-15)17-13(10-4-5-10)18-14(8)20(3)6-11-9(2)16-7-21-11/h7,10H,4-6,15H2,1-3H3,(H,17,18,19). The van der Waals surface area contributed by atoms with Gasteiger partial charge in [-0.15, -0.1) is 11.3 Å². The number of nitrogens with zero attached hydrogens (tertiary/aromatic N) is 4. The molecule has 0 atom stereocenters. The van der Waals surface area contributed by atoms with E-state index in [2.05, 4.69) is 20.3 Å². The molecule has 6 nitrogen and oxygen atoms in total. The monoisotopic (exact) mass is 304 g/mol. The van der Waals surface area contributed by atoms with Gasteiger partial charge in [0.25, 0.3) is 0 Å². The number of hydrogen-bond donors (Lipinski definition) is 2. The number of aryl methyl sites for hydroxylation is 1. The molecular formula is C14H20N6S. The normalized spacial score (nSPS) is 14.3. The Labute approximate surface area is 128 Å². The van der Waals surface area contributed by atoms with Crippen LogP contribution >= 0.6 is 11.3 Å². The van der Waals surface area contributed by atoms with Crippen molar-refractivity contribution >= 4 is 23.0 Å². The highest BCUT2D eigenvalue weighted by Gasteiger charge is 2.28. The zero-order chi connectivity index (χ0) is 15.0. The highest BCUT2D eigenvalue weighted by atomic mass is 32.1. The number of thiazole rings is 1. The fourth-order valence-electron chi connectivity index (χ4n) is 2.33. The second kappa shape index (κ2) is 5.57. The zero-order valence-corrected chi connectivity index (χ0v) is 13.4. The molecule has 1 saturated carbocycles. The van der Waals surface area contributed by atoms with Gasteiger partial charge in [-0.05, 0) is 26.7 Å². The molecule has 0 unspecified atom stereocenters. The minimum atomic E-state index is 0.495. The summed E-state index contributed by atoms with van der Waals surface area (Å²) >= 11 is 1.67. The van der Waals surface area contributed by atoms with Crippen LogP contribution in [0.2, 0.25) is 0 Å². The van der Waals surface area contributed by atoms with E-state index in [-0.39, 0.29) is 0 Å². The topological polar surface area (TPSA) is 80.0 Å². The molecule has 1 aliphatic carbocycles. The SMILES string of the molecule is Cc1ncsc1CN(C)c1nc(C2CC2)nc(NN)c1C. The first-order valence-corrected chi connectivity index (χ1v) is 7.93. The van der Waals surface area contributed by atoms with E-state index in [4.69, 9.17) is 10.8 Å². The molecule has 1 aliphatic rings. The van der Waals surface area contributed by atoms with Crippen LogP contribution in [0.1, 0.15) is 40.7 Å². The molecule has 0 amide bonds. The third-order valence-corrected chi connectivity index (χ3v) is 4.72. The van der Waals surface area contributed by atoms with E-state index in [0.29, 0.717) is 5.92 Å². The highest BCUT2D eigenvalue weighted by Crippen LogP contribution is 2.40. The van der Waals surface area contributed by atoms with Gasteiger partial charge in [-0.3, -0.25) is 0 Å². The van der Waals surface area contributed by atoms with Crippen molar-refractivity contribution in [3.8, 4) is 0 Å². The first-order valence-electron chi connectivity index (χ1n) is 7.05. The number of nitrogen functional groups attached to an aromatic ring is 1. The number of rotatable bonds is 5. The van der Waals surface area contributed by atoms with Crippen LogP contribution in [0, 0.1) is 13.8 Å². The Morgan fingerprint density at radius 3 is 2.71 bits per heavy atom. The van der Waals surface area contributed by atoms with Crippen molar-refractivity contribution in [1.82, 2.24) is 15.0 Å². The zero-order valence-electron chi connectivity index (χ0n) is 12.6. The fraction of sp³-hybridized carbons (Fsp3) is 0.500. The van der Waals surface area contributed by atoms with Gasteiger partial charge in [-0.2, -0.15) is 0 Å². The summed E-state index contributed by atoms with van der Waals surface area (Å²) in [7, 11) is 2.05. The number of hydrogen-bond acceptors (Lipinski definition) is 7. The molecule has 0 spiro atoms. The summed E-state index contributed by atoms with van der Waals surface area (Å²) in [5, 5.41) is 0.